The molecule has 32 heavy (non-hydrogen) atoms. The van der Waals surface area contributed by atoms with Crippen molar-refractivity contribution in [3.8, 4) is 0 Å². The maximum atomic E-state index is 2.31. The van der Waals surface area contributed by atoms with Gasteiger partial charge in [0.1, 0.15) is 0 Å². The monoisotopic (exact) mass is 663 g/mol. The summed E-state index contributed by atoms with van der Waals surface area (Å²) in [7, 11) is 0.713. The van der Waals surface area contributed by atoms with Gasteiger partial charge in [-0.25, -0.2) is 12.1 Å². The molecule has 1 radical (unpaired) electrons. The van der Waals surface area contributed by atoms with Crippen LogP contribution in [0.4, 0.5) is 0 Å². The van der Waals surface area contributed by atoms with E-state index in [1.165, 1.54) is 22.3 Å². The van der Waals surface area contributed by atoms with Gasteiger partial charge in [0.05, 0.1) is 0 Å². The molecule has 4 heteroatoms. The van der Waals surface area contributed by atoms with E-state index in [2.05, 4.69) is 119 Å². The molecule has 0 nitrogen and oxygen atoms in total. The van der Waals surface area contributed by atoms with Crippen molar-refractivity contribution >= 4 is 9.52 Å². The van der Waals surface area contributed by atoms with Crippen molar-refractivity contribution in [1.29, 1.82) is 0 Å². The molecule has 0 aliphatic rings. The van der Waals surface area contributed by atoms with Gasteiger partial charge in [0.15, 0.2) is 0 Å². The van der Waals surface area contributed by atoms with Gasteiger partial charge in [0.25, 0.3) is 0 Å². The molecule has 0 bridgehead atoms. The number of rotatable bonds is 6. The molecule has 0 fully saturated rings. The maximum absolute atomic E-state index is 2.31. The van der Waals surface area contributed by atoms with Crippen LogP contribution in [0.25, 0.3) is 0 Å². The zero-order valence-electron chi connectivity index (χ0n) is 22.8. The Morgan fingerprint density at radius 1 is 0.531 bits per heavy atom. The Bertz CT molecular complexity index is 551. The second-order valence-corrected chi connectivity index (χ2v) is 13.3. The van der Waals surface area contributed by atoms with Crippen LogP contribution < -0.4 is 24.8 Å². The predicted octanol–water partition coefficient (Wildman–Crippen LogP) is 3.39. The molecule has 0 amide bonds. The molecule has 0 spiro atoms. The van der Waals surface area contributed by atoms with Gasteiger partial charge < -0.3 is 24.8 Å². The third kappa shape index (κ3) is 17.8. The van der Waals surface area contributed by atoms with Gasteiger partial charge in [-0.05, 0) is 11.8 Å². The second kappa shape index (κ2) is 20.7. The van der Waals surface area contributed by atoms with Crippen LogP contribution in [0.3, 0.4) is 0 Å². The molecule has 0 unspecified atom stereocenters. The van der Waals surface area contributed by atoms with E-state index >= 15 is 0 Å². The molecule has 0 aliphatic heterocycles. The van der Waals surface area contributed by atoms with Crippen molar-refractivity contribution in [1.82, 2.24) is 0 Å². The van der Waals surface area contributed by atoms with E-state index in [1.807, 2.05) is 0 Å². The molecule has 2 aromatic rings. The Balaban J connectivity index is -0.000000180. The summed E-state index contributed by atoms with van der Waals surface area (Å²) in [5, 5.41) is 0. The van der Waals surface area contributed by atoms with Gasteiger partial charge in [-0.2, -0.15) is 46.5 Å². The minimum atomic E-state index is 0. The van der Waals surface area contributed by atoms with Gasteiger partial charge in [0.2, 0.25) is 0 Å². The van der Waals surface area contributed by atoms with E-state index in [4.69, 9.17) is 0 Å². The number of hydrogen-bond donors (Lipinski definition) is 0. The first kappa shape index (κ1) is 39.6. The third-order valence-corrected chi connectivity index (χ3v) is 6.58. The van der Waals surface area contributed by atoms with Crippen LogP contribution >= 0.6 is 0 Å². The Labute approximate surface area is 235 Å². The predicted molar refractivity (Wildman–Crippen MR) is 138 cm³/mol. The molecule has 0 aromatic heterocycles. The average Bonchev–Trinajstić information content (AvgIpc) is 3.25. The molecule has 0 atom stereocenters. The molecular weight excluding hydrogens is 614 g/mol. The second-order valence-electron chi connectivity index (χ2n) is 10.3. The van der Waals surface area contributed by atoms with Gasteiger partial charge >= 0.3 is 25.8 Å². The number of hydrogen-bond acceptors (Lipinski definition) is 0. The molecule has 183 valence electrons. The molecule has 0 heterocycles. The Kier molecular flexibility index (Phi) is 25.6. The summed E-state index contributed by atoms with van der Waals surface area (Å²) >= 11 is 0. The van der Waals surface area contributed by atoms with E-state index < -0.39 is 0 Å². The molecule has 0 N–H and O–H groups in total. The first-order chi connectivity index (χ1) is 13.3. The fourth-order valence-corrected chi connectivity index (χ4v) is 4.71. The van der Waals surface area contributed by atoms with Crippen molar-refractivity contribution in [2.45, 2.75) is 118 Å². The summed E-state index contributed by atoms with van der Waals surface area (Å²) in [6, 6.07) is 13.6. The Morgan fingerprint density at radius 2 is 0.812 bits per heavy atom. The van der Waals surface area contributed by atoms with Crippen LogP contribution in [0.1, 0.15) is 129 Å². The smallest absolute Gasteiger partial charge is 1.00 e. The summed E-state index contributed by atoms with van der Waals surface area (Å²) < 4.78 is 0. The summed E-state index contributed by atoms with van der Waals surface area (Å²) in [5.74, 6) is 2.68. The summed E-state index contributed by atoms with van der Waals surface area (Å²) in [6.45, 7) is 27.1. The van der Waals surface area contributed by atoms with Crippen molar-refractivity contribution in [2.75, 3.05) is 0 Å². The van der Waals surface area contributed by atoms with Crippen LogP contribution in [-0.4, -0.2) is 9.52 Å². The molecule has 0 saturated carbocycles. The fraction of sp³-hybridized carbons (Fsp3) is 0.643. The van der Waals surface area contributed by atoms with Crippen LogP contribution in [0, 0.1) is 0 Å². The SMILES string of the molecule is CC(C)[SiH]C(C)C.CC(C)c1c[cH-]c(C(C)C)c1.CC(C)c1c[cH-]c(C(C)C)c1.[Cl-].[Cl-].[Hf+4]. The molecule has 2 aromatic carbocycles. The van der Waals surface area contributed by atoms with Crippen molar-refractivity contribution in [2.24, 2.45) is 0 Å². The van der Waals surface area contributed by atoms with Crippen LogP contribution in [0.15, 0.2) is 36.4 Å². The third-order valence-electron chi connectivity index (χ3n) is 5.04. The first-order valence-electron chi connectivity index (χ1n) is 11.7. The average molecular weight is 663 g/mol. The van der Waals surface area contributed by atoms with Crippen LogP contribution in [-0.2, 0) is 25.8 Å². The van der Waals surface area contributed by atoms with E-state index in [0.717, 1.165) is 11.1 Å². The zero-order chi connectivity index (χ0) is 22.7. The standard InChI is InChI=1S/2C11H17.C6H15Si.2ClH.Hf/c2*1-8(2)10-5-6-11(7-10)9(3)4;1-5(2)7-6(3)4;;;/h2*5-9H,1-4H3;5-7H,1-4H3;2*1H;/q2*-1;;;;+4/p-2. The van der Waals surface area contributed by atoms with Gasteiger partial charge in [-0.1, -0.05) is 106 Å². The van der Waals surface area contributed by atoms with Crippen LogP contribution in [0.5, 0.6) is 0 Å². The molecular formula is C28H49Cl2HfSi. The topological polar surface area (TPSA) is 0 Å². The van der Waals surface area contributed by atoms with E-state index in [-0.39, 0.29) is 50.7 Å². The Morgan fingerprint density at radius 3 is 0.906 bits per heavy atom. The van der Waals surface area contributed by atoms with Gasteiger partial charge in [0, 0.05) is 9.52 Å². The quantitative estimate of drug-likeness (QED) is 0.329. The Hall–Kier alpha value is 0.367. The van der Waals surface area contributed by atoms with Crippen molar-refractivity contribution < 1.29 is 50.7 Å². The van der Waals surface area contributed by atoms with Gasteiger partial charge in [-0.15, -0.1) is 0 Å². The molecule has 0 aliphatic carbocycles. The summed E-state index contributed by atoms with van der Waals surface area (Å²) in [6.07, 6.45) is 0. The minimum Gasteiger partial charge on any atom is -1.00 e. The van der Waals surface area contributed by atoms with Gasteiger partial charge in [-0.3, -0.25) is 0 Å². The summed E-state index contributed by atoms with van der Waals surface area (Å²) in [4.78, 5) is 0. The summed E-state index contributed by atoms with van der Waals surface area (Å²) in [5.41, 5.74) is 7.78. The van der Waals surface area contributed by atoms with Crippen molar-refractivity contribution in [3.63, 3.8) is 0 Å². The normalized spacial score (nSPS) is 10.3. The van der Waals surface area contributed by atoms with Crippen molar-refractivity contribution in [3.05, 3.63) is 58.7 Å². The van der Waals surface area contributed by atoms with E-state index in [0.29, 0.717) is 33.2 Å². The first-order valence-corrected chi connectivity index (χ1v) is 13.1. The number of halogens is 2. The van der Waals surface area contributed by atoms with E-state index in [9.17, 15) is 0 Å². The van der Waals surface area contributed by atoms with E-state index in [1.54, 1.807) is 0 Å². The fourth-order valence-electron chi connectivity index (χ4n) is 3.17. The minimum absolute atomic E-state index is 0. The zero-order valence-corrected chi connectivity index (χ0v) is 29.0. The largest absolute Gasteiger partial charge is 4.00 e. The molecule has 0 saturated heterocycles. The van der Waals surface area contributed by atoms with Crippen LogP contribution in [0.2, 0.25) is 11.1 Å². The molecule has 2 rings (SSSR count). The maximum Gasteiger partial charge on any atom is 4.00 e.